The Morgan fingerprint density at radius 3 is 2.88 bits per heavy atom. The van der Waals surface area contributed by atoms with Gasteiger partial charge in [0.05, 0.1) is 4.92 Å². The quantitative estimate of drug-likeness (QED) is 0.470. The lowest BCUT2D eigenvalue weighted by Crippen LogP contribution is -2.03. The van der Waals surface area contributed by atoms with Gasteiger partial charge in [-0.2, -0.15) is 0 Å². The molecule has 0 saturated heterocycles. The van der Waals surface area contributed by atoms with E-state index in [2.05, 4.69) is 5.32 Å². The molecule has 0 bridgehead atoms. The van der Waals surface area contributed by atoms with Crippen LogP contribution in [0.25, 0.3) is 0 Å². The summed E-state index contributed by atoms with van der Waals surface area (Å²) in [5.41, 5.74) is 5.67. The van der Waals surface area contributed by atoms with E-state index in [9.17, 15) is 10.1 Å². The molecule has 0 aliphatic rings. The first-order valence-electron chi connectivity index (χ1n) is 4.68. The number of benzene rings is 1. The Morgan fingerprint density at radius 2 is 2.25 bits per heavy atom. The lowest BCUT2D eigenvalue weighted by molar-refractivity contribution is -0.383. The van der Waals surface area contributed by atoms with Gasteiger partial charge >= 0.3 is 0 Å². The van der Waals surface area contributed by atoms with Gasteiger partial charge in [0.25, 0.3) is 5.69 Å². The molecule has 5 nitrogen and oxygen atoms in total. The van der Waals surface area contributed by atoms with E-state index >= 15 is 0 Å². The monoisotopic (exact) mass is 241 g/mol. The normalized spacial score (nSPS) is 10.6. The molecule has 1 aromatic carbocycles. The third kappa shape index (κ3) is 3.52. The molecule has 0 aliphatic heterocycles. The summed E-state index contributed by atoms with van der Waals surface area (Å²) in [6.45, 7) is 0.914. The van der Waals surface area contributed by atoms with Crippen LogP contribution < -0.4 is 11.1 Å². The molecule has 6 heteroatoms. The average molecular weight is 242 g/mol. The highest BCUT2D eigenvalue weighted by Crippen LogP contribution is 2.27. The molecule has 0 atom stereocenters. The van der Waals surface area contributed by atoms with Crippen molar-refractivity contribution in [2.24, 2.45) is 5.73 Å². The Hall–Kier alpha value is -1.59. The lowest BCUT2D eigenvalue weighted by atomic mass is 10.2. The van der Waals surface area contributed by atoms with Gasteiger partial charge in [0.15, 0.2) is 0 Å². The predicted octanol–water partition coefficient (Wildman–Crippen LogP) is 2.17. The van der Waals surface area contributed by atoms with E-state index in [1.807, 2.05) is 0 Å². The van der Waals surface area contributed by atoms with Crippen molar-refractivity contribution in [2.75, 3.05) is 18.4 Å². The number of anilines is 1. The van der Waals surface area contributed by atoms with E-state index < -0.39 is 4.92 Å². The van der Waals surface area contributed by atoms with Gasteiger partial charge < -0.3 is 11.1 Å². The van der Waals surface area contributed by atoms with Crippen molar-refractivity contribution in [3.05, 3.63) is 45.5 Å². The molecule has 0 aliphatic carbocycles. The van der Waals surface area contributed by atoms with Crippen molar-refractivity contribution in [1.29, 1.82) is 0 Å². The van der Waals surface area contributed by atoms with Gasteiger partial charge in [0.1, 0.15) is 5.69 Å². The summed E-state index contributed by atoms with van der Waals surface area (Å²) in [6, 6.07) is 4.38. The minimum atomic E-state index is -0.453. The molecule has 0 amide bonds. The third-order valence-corrected chi connectivity index (χ3v) is 2.10. The van der Waals surface area contributed by atoms with Crippen LogP contribution in [0.1, 0.15) is 0 Å². The van der Waals surface area contributed by atoms with Gasteiger partial charge in [-0.1, -0.05) is 23.8 Å². The standard InChI is InChI=1S/C10H12ClN3O2/c11-8-3-4-10(14(15)16)9(7-8)13-6-2-1-5-12/h1-4,7,13H,5-6,12H2/b2-1+. The highest BCUT2D eigenvalue weighted by Gasteiger charge is 2.12. The topological polar surface area (TPSA) is 81.2 Å². The number of nitro benzene ring substituents is 1. The van der Waals surface area contributed by atoms with Gasteiger partial charge in [0.2, 0.25) is 0 Å². The van der Waals surface area contributed by atoms with E-state index in [0.717, 1.165) is 0 Å². The number of nitrogens with zero attached hydrogens (tertiary/aromatic N) is 1. The lowest BCUT2D eigenvalue weighted by Gasteiger charge is -2.04. The van der Waals surface area contributed by atoms with Crippen molar-refractivity contribution in [3.63, 3.8) is 0 Å². The Balaban J connectivity index is 2.80. The van der Waals surface area contributed by atoms with Crippen LogP contribution in [0.5, 0.6) is 0 Å². The first-order valence-corrected chi connectivity index (χ1v) is 5.06. The van der Waals surface area contributed by atoms with Crippen LogP contribution in [-0.2, 0) is 0 Å². The number of hydrogen-bond acceptors (Lipinski definition) is 4. The first kappa shape index (κ1) is 12.5. The maximum Gasteiger partial charge on any atom is 0.292 e. The Morgan fingerprint density at radius 1 is 1.50 bits per heavy atom. The number of nitro groups is 1. The predicted molar refractivity (Wildman–Crippen MR) is 64.8 cm³/mol. The molecular weight excluding hydrogens is 230 g/mol. The number of nitrogens with one attached hydrogen (secondary N) is 1. The number of halogens is 1. The zero-order chi connectivity index (χ0) is 12.0. The van der Waals surface area contributed by atoms with E-state index in [1.54, 1.807) is 12.2 Å². The molecule has 16 heavy (non-hydrogen) atoms. The summed E-state index contributed by atoms with van der Waals surface area (Å²) in [5, 5.41) is 14.1. The number of nitrogens with two attached hydrogens (primary N) is 1. The number of hydrogen-bond donors (Lipinski definition) is 2. The average Bonchev–Trinajstić information content (AvgIpc) is 2.24. The molecule has 86 valence electrons. The molecule has 0 fully saturated rings. The van der Waals surface area contributed by atoms with Gasteiger partial charge in [-0.3, -0.25) is 10.1 Å². The Kier molecular flexibility index (Phi) is 4.75. The molecule has 0 saturated carbocycles. The molecule has 1 aromatic rings. The second-order valence-electron chi connectivity index (χ2n) is 3.01. The second kappa shape index (κ2) is 6.09. The molecule has 0 aromatic heterocycles. The van der Waals surface area contributed by atoms with E-state index in [1.165, 1.54) is 18.2 Å². The Labute approximate surface area is 98.0 Å². The number of rotatable bonds is 5. The second-order valence-corrected chi connectivity index (χ2v) is 3.44. The summed E-state index contributed by atoms with van der Waals surface area (Å²) in [5.74, 6) is 0. The van der Waals surface area contributed by atoms with Crippen LogP contribution in [0.15, 0.2) is 30.4 Å². The van der Waals surface area contributed by atoms with Crippen LogP contribution in [0.3, 0.4) is 0 Å². The van der Waals surface area contributed by atoms with E-state index in [-0.39, 0.29) is 5.69 Å². The smallest absolute Gasteiger partial charge is 0.292 e. The molecule has 0 spiro atoms. The molecule has 0 unspecified atom stereocenters. The van der Waals surface area contributed by atoms with Crippen LogP contribution in [-0.4, -0.2) is 18.0 Å². The summed E-state index contributed by atoms with van der Waals surface area (Å²) in [4.78, 5) is 10.3. The highest BCUT2D eigenvalue weighted by molar-refractivity contribution is 6.31. The highest BCUT2D eigenvalue weighted by atomic mass is 35.5. The van der Waals surface area contributed by atoms with Crippen molar-refractivity contribution in [2.45, 2.75) is 0 Å². The van der Waals surface area contributed by atoms with Crippen molar-refractivity contribution < 1.29 is 4.92 Å². The van der Waals surface area contributed by atoms with Crippen molar-refractivity contribution in [3.8, 4) is 0 Å². The van der Waals surface area contributed by atoms with Crippen molar-refractivity contribution >= 4 is 23.0 Å². The van der Waals surface area contributed by atoms with Crippen molar-refractivity contribution in [1.82, 2.24) is 0 Å². The molecule has 3 N–H and O–H groups in total. The zero-order valence-corrected chi connectivity index (χ0v) is 9.28. The minimum absolute atomic E-state index is 0.00514. The SMILES string of the molecule is NC/C=C/CNc1cc(Cl)ccc1[N+](=O)[O-]. The van der Waals surface area contributed by atoms with E-state index in [0.29, 0.717) is 23.8 Å². The minimum Gasteiger partial charge on any atom is -0.376 e. The maximum atomic E-state index is 10.7. The molecular formula is C10H12ClN3O2. The Bertz CT molecular complexity index is 407. The van der Waals surface area contributed by atoms with Gasteiger partial charge in [0, 0.05) is 24.2 Å². The fraction of sp³-hybridized carbons (Fsp3) is 0.200. The van der Waals surface area contributed by atoms with Crippen LogP contribution in [0.2, 0.25) is 5.02 Å². The summed E-state index contributed by atoms with van der Waals surface area (Å²) in [7, 11) is 0. The summed E-state index contributed by atoms with van der Waals surface area (Å²) >= 11 is 5.76. The van der Waals surface area contributed by atoms with E-state index in [4.69, 9.17) is 17.3 Å². The van der Waals surface area contributed by atoms with Gasteiger partial charge in [-0.25, -0.2) is 0 Å². The first-order chi connectivity index (χ1) is 7.65. The molecule has 1 rings (SSSR count). The summed E-state index contributed by atoms with van der Waals surface area (Å²) in [6.07, 6.45) is 3.56. The van der Waals surface area contributed by atoms with Crippen LogP contribution >= 0.6 is 11.6 Å². The maximum absolute atomic E-state index is 10.7. The largest absolute Gasteiger partial charge is 0.376 e. The van der Waals surface area contributed by atoms with Gasteiger partial charge in [-0.15, -0.1) is 0 Å². The summed E-state index contributed by atoms with van der Waals surface area (Å²) < 4.78 is 0. The fourth-order valence-electron chi connectivity index (χ4n) is 1.16. The zero-order valence-electron chi connectivity index (χ0n) is 8.52. The van der Waals surface area contributed by atoms with Gasteiger partial charge in [-0.05, 0) is 12.1 Å². The van der Waals surface area contributed by atoms with Crippen LogP contribution in [0, 0.1) is 10.1 Å². The molecule has 0 heterocycles. The fourth-order valence-corrected chi connectivity index (χ4v) is 1.33. The molecule has 0 radical (unpaired) electrons. The van der Waals surface area contributed by atoms with Crippen LogP contribution in [0.4, 0.5) is 11.4 Å². The third-order valence-electron chi connectivity index (χ3n) is 1.87.